The van der Waals surface area contributed by atoms with E-state index in [0.717, 1.165) is 30.6 Å². The molecular weight excluding hydrogens is 208 g/mol. The summed E-state index contributed by atoms with van der Waals surface area (Å²) in [5, 5.41) is 9.67. The highest BCUT2D eigenvalue weighted by Crippen LogP contribution is 2.70. The highest BCUT2D eigenvalue weighted by atomic mass is 16.3. The van der Waals surface area contributed by atoms with Crippen LogP contribution in [0.3, 0.4) is 0 Å². The number of aliphatic hydroxyl groups excluding tert-OH is 1. The van der Waals surface area contributed by atoms with E-state index in [1.807, 2.05) is 0 Å². The van der Waals surface area contributed by atoms with Gasteiger partial charge in [-0.3, -0.25) is 0 Å². The molecule has 17 heavy (non-hydrogen) atoms. The monoisotopic (exact) mass is 236 g/mol. The van der Waals surface area contributed by atoms with E-state index in [0.29, 0.717) is 10.8 Å². The normalized spacial score (nSPS) is 52.9. The molecule has 0 unspecified atom stereocenters. The molecule has 0 saturated heterocycles. The maximum atomic E-state index is 9.67. The fourth-order valence-corrected chi connectivity index (χ4v) is 5.48. The third kappa shape index (κ3) is 1.54. The first-order chi connectivity index (χ1) is 7.95. The van der Waals surface area contributed by atoms with E-state index in [9.17, 15) is 5.11 Å². The van der Waals surface area contributed by atoms with Gasteiger partial charge >= 0.3 is 0 Å². The van der Waals surface area contributed by atoms with Gasteiger partial charge in [0.15, 0.2) is 0 Å². The lowest BCUT2D eigenvalue weighted by Gasteiger charge is -2.44. The SMILES string of the molecule is CC1(C)[C@H]2CC[C@]1(C)[C@H](C1CCC(O)CC1)C2. The van der Waals surface area contributed by atoms with Crippen molar-refractivity contribution in [1.29, 1.82) is 0 Å². The summed E-state index contributed by atoms with van der Waals surface area (Å²) in [5.74, 6) is 2.83. The minimum Gasteiger partial charge on any atom is -0.393 e. The van der Waals surface area contributed by atoms with E-state index in [1.54, 1.807) is 0 Å². The minimum atomic E-state index is 0.00524. The lowest BCUT2D eigenvalue weighted by Crippen LogP contribution is -2.37. The predicted molar refractivity (Wildman–Crippen MR) is 70.7 cm³/mol. The second-order valence-corrected chi connectivity index (χ2v) is 7.79. The van der Waals surface area contributed by atoms with Crippen molar-refractivity contribution in [3.63, 3.8) is 0 Å². The van der Waals surface area contributed by atoms with Gasteiger partial charge in [-0.05, 0) is 73.5 Å². The molecule has 3 fully saturated rings. The van der Waals surface area contributed by atoms with Crippen molar-refractivity contribution in [2.75, 3.05) is 0 Å². The molecule has 0 aromatic heterocycles. The van der Waals surface area contributed by atoms with Crippen molar-refractivity contribution in [2.45, 2.75) is 71.8 Å². The third-order valence-corrected chi connectivity index (χ3v) is 7.17. The first kappa shape index (κ1) is 12.0. The Hall–Kier alpha value is -0.0400. The molecule has 0 aliphatic heterocycles. The summed E-state index contributed by atoms with van der Waals surface area (Å²) in [6.45, 7) is 7.60. The van der Waals surface area contributed by atoms with Crippen LogP contribution in [0.1, 0.15) is 65.7 Å². The van der Waals surface area contributed by atoms with Gasteiger partial charge in [-0.1, -0.05) is 20.8 Å². The molecule has 0 aromatic rings. The first-order valence-electron chi connectivity index (χ1n) is 7.63. The fraction of sp³-hybridized carbons (Fsp3) is 1.00. The van der Waals surface area contributed by atoms with E-state index < -0.39 is 0 Å². The largest absolute Gasteiger partial charge is 0.393 e. The van der Waals surface area contributed by atoms with Gasteiger partial charge in [0, 0.05) is 0 Å². The molecule has 2 bridgehead atoms. The van der Waals surface area contributed by atoms with Crippen molar-refractivity contribution in [1.82, 2.24) is 0 Å². The Morgan fingerprint density at radius 2 is 1.59 bits per heavy atom. The molecule has 0 aromatic carbocycles. The molecule has 0 amide bonds. The fourth-order valence-electron chi connectivity index (χ4n) is 5.48. The number of fused-ring (bicyclic) bond motifs is 2. The Balaban J connectivity index is 1.78. The van der Waals surface area contributed by atoms with Crippen LogP contribution in [0, 0.1) is 28.6 Å². The van der Waals surface area contributed by atoms with E-state index in [1.165, 1.54) is 32.1 Å². The summed E-state index contributed by atoms with van der Waals surface area (Å²) >= 11 is 0. The Bertz CT molecular complexity index is 301. The maximum absolute atomic E-state index is 9.67. The van der Waals surface area contributed by atoms with Crippen LogP contribution < -0.4 is 0 Å². The van der Waals surface area contributed by atoms with Crippen LogP contribution in [-0.2, 0) is 0 Å². The summed E-state index contributed by atoms with van der Waals surface area (Å²) in [4.78, 5) is 0. The molecule has 0 radical (unpaired) electrons. The van der Waals surface area contributed by atoms with Crippen molar-refractivity contribution in [2.24, 2.45) is 28.6 Å². The summed E-state index contributed by atoms with van der Waals surface area (Å²) in [6.07, 6.45) is 9.08. The summed E-state index contributed by atoms with van der Waals surface area (Å²) in [5.41, 5.74) is 1.15. The van der Waals surface area contributed by atoms with Crippen LogP contribution in [0.2, 0.25) is 0 Å². The van der Waals surface area contributed by atoms with E-state index >= 15 is 0 Å². The van der Waals surface area contributed by atoms with Crippen LogP contribution in [0.5, 0.6) is 0 Å². The highest BCUT2D eigenvalue weighted by Gasteiger charge is 2.62. The Kier molecular flexibility index (Phi) is 2.63. The van der Waals surface area contributed by atoms with Crippen molar-refractivity contribution in [3.8, 4) is 0 Å². The van der Waals surface area contributed by atoms with Gasteiger partial charge in [0.2, 0.25) is 0 Å². The maximum Gasteiger partial charge on any atom is 0.0540 e. The van der Waals surface area contributed by atoms with E-state index in [-0.39, 0.29) is 6.10 Å². The molecule has 1 N–H and O–H groups in total. The van der Waals surface area contributed by atoms with Gasteiger partial charge in [0.05, 0.1) is 6.10 Å². The molecule has 1 nitrogen and oxygen atoms in total. The van der Waals surface area contributed by atoms with Crippen LogP contribution >= 0.6 is 0 Å². The minimum absolute atomic E-state index is 0.00524. The van der Waals surface area contributed by atoms with Crippen molar-refractivity contribution >= 4 is 0 Å². The van der Waals surface area contributed by atoms with E-state index in [2.05, 4.69) is 20.8 Å². The molecule has 98 valence electrons. The number of hydrogen-bond acceptors (Lipinski definition) is 1. The molecule has 3 saturated carbocycles. The van der Waals surface area contributed by atoms with Gasteiger partial charge in [-0.15, -0.1) is 0 Å². The average molecular weight is 236 g/mol. The molecular formula is C16H28O. The lowest BCUT2D eigenvalue weighted by atomic mass is 9.61. The molecule has 3 rings (SSSR count). The average Bonchev–Trinajstić information content (AvgIpc) is 2.62. The standard InChI is InChI=1S/C16H28O/c1-15(2)12-8-9-16(15,3)14(10-12)11-4-6-13(17)7-5-11/h11-14,17H,4-10H2,1-3H3/t11?,12-,13?,14-,16+/m0/s1. The Morgan fingerprint density at radius 3 is 2.06 bits per heavy atom. The molecule has 0 heterocycles. The van der Waals surface area contributed by atoms with Crippen molar-refractivity contribution in [3.05, 3.63) is 0 Å². The molecule has 3 atom stereocenters. The van der Waals surface area contributed by atoms with Gasteiger partial charge < -0.3 is 5.11 Å². The summed E-state index contributed by atoms with van der Waals surface area (Å²) in [7, 11) is 0. The summed E-state index contributed by atoms with van der Waals surface area (Å²) < 4.78 is 0. The highest BCUT2D eigenvalue weighted by molar-refractivity contribution is 5.11. The zero-order chi connectivity index (χ0) is 12.3. The van der Waals surface area contributed by atoms with Gasteiger partial charge in [0.25, 0.3) is 0 Å². The predicted octanol–water partition coefficient (Wildman–Crippen LogP) is 4.00. The first-order valence-corrected chi connectivity index (χ1v) is 7.63. The molecule has 3 aliphatic rings. The molecule has 0 spiro atoms. The van der Waals surface area contributed by atoms with Crippen LogP contribution in [0.15, 0.2) is 0 Å². The zero-order valence-corrected chi connectivity index (χ0v) is 11.7. The summed E-state index contributed by atoms with van der Waals surface area (Å²) in [6, 6.07) is 0. The molecule has 1 heteroatoms. The zero-order valence-electron chi connectivity index (χ0n) is 11.7. The quantitative estimate of drug-likeness (QED) is 0.729. The second kappa shape index (κ2) is 3.73. The van der Waals surface area contributed by atoms with Crippen LogP contribution in [0.4, 0.5) is 0 Å². The number of aliphatic hydroxyl groups is 1. The Labute approximate surface area is 106 Å². The Morgan fingerprint density at radius 1 is 0.941 bits per heavy atom. The third-order valence-electron chi connectivity index (χ3n) is 7.17. The smallest absolute Gasteiger partial charge is 0.0540 e. The van der Waals surface area contributed by atoms with Crippen LogP contribution in [0.25, 0.3) is 0 Å². The van der Waals surface area contributed by atoms with Gasteiger partial charge in [-0.25, -0.2) is 0 Å². The topological polar surface area (TPSA) is 20.2 Å². The van der Waals surface area contributed by atoms with Gasteiger partial charge in [-0.2, -0.15) is 0 Å². The molecule has 3 aliphatic carbocycles. The second-order valence-electron chi connectivity index (χ2n) is 7.79. The number of rotatable bonds is 1. The van der Waals surface area contributed by atoms with Crippen molar-refractivity contribution < 1.29 is 5.11 Å². The van der Waals surface area contributed by atoms with E-state index in [4.69, 9.17) is 0 Å². The number of hydrogen-bond donors (Lipinski definition) is 1. The van der Waals surface area contributed by atoms with Gasteiger partial charge in [0.1, 0.15) is 0 Å². The van der Waals surface area contributed by atoms with Crippen LogP contribution in [-0.4, -0.2) is 11.2 Å². The lowest BCUT2D eigenvalue weighted by molar-refractivity contribution is 0.0265.